The number of ether oxygens (including phenoxy) is 1. The molecule has 2 rings (SSSR count). The molecule has 1 fully saturated rings. The molecule has 1 aliphatic heterocycles. The molecular weight excluding hydrogens is 200 g/mol. The van der Waals surface area contributed by atoms with Crippen molar-refractivity contribution in [1.29, 1.82) is 5.26 Å². The van der Waals surface area contributed by atoms with E-state index in [9.17, 15) is 0 Å². The Labute approximate surface area is 96.2 Å². The fourth-order valence-corrected chi connectivity index (χ4v) is 2.24. The Kier molecular flexibility index (Phi) is 3.12. The highest BCUT2D eigenvalue weighted by Gasteiger charge is 2.24. The minimum absolute atomic E-state index is 0.159. The molecule has 1 saturated heterocycles. The van der Waals surface area contributed by atoms with E-state index in [2.05, 4.69) is 43.0 Å². The minimum atomic E-state index is -0.159. The molecule has 1 unspecified atom stereocenters. The fourth-order valence-electron chi connectivity index (χ4n) is 2.24. The fraction of sp³-hybridized carbons (Fsp3) is 0.462. The third kappa shape index (κ3) is 1.89. The Morgan fingerprint density at radius 2 is 2.06 bits per heavy atom. The molecule has 0 radical (unpaired) electrons. The maximum absolute atomic E-state index is 9.13. The van der Waals surface area contributed by atoms with Crippen molar-refractivity contribution in [3.05, 3.63) is 29.3 Å². The van der Waals surface area contributed by atoms with Crippen molar-refractivity contribution in [2.75, 3.05) is 24.7 Å². The van der Waals surface area contributed by atoms with E-state index >= 15 is 0 Å². The lowest BCUT2D eigenvalue weighted by molar-refractivity contribution is 0.107. The molecule has 3 heteroatoms. The highest BCUT2D eigenvalue weighted by molar-refractivity contribution is 5.60. The second-order valence-electron chi connectivity index (χ2n) is 4.15. The summed E-state index contributed by atoms with van der Waals surface area (Å²) in [5, 5.41) is 9.13. The summed E-state index contributed by atoms with van der Waals surface area (Å²) in [6, 6.07) is 8.38. The Morgan fingerprint density at radius 3 is 2.69 bits per heavy atom. The predicted molar refractivity (Wildman–Crippen MR) is 63.5 cm³/mol. The first-order valence-electron chi connectivity index (χ1n) is 5.54. The second-order valence-corrected chi connectivity index (χ2v) is 4.15. The summed E-state index contributed by atoms with van der Waals surface area (Å²) in [6.45, 7) is 6.18. The molecule has 1 aliphatic rings. The second kappa shape index (κ2) is 4.54. The van der Waals surface area contributed by atoms with Gasteiger partial charge in [0.05, 0.1) is 19.3 Å². The van der Waals surface area contributed by atoms with Crippen molar-refractivity contribution in [2.24, 2.45) is 0 Å². The summed E-state index contributed by atoms with van der Waals surface area (Å²) in [6.07, 6.45) is 0. The van der Waals surface area contributed by atoms with Gasteiger partial charge in [0.1, 0.15) is 6.04 Å². The van der Waals surface area contributed by atoms with Crippen LogP contribution < -0.4 is 4.90 Å². The van der Waals surface area contributed by atoms with Crippen molar-refractivity contribution in [1.82, 2.24) is 0 Å². The molecule has 0 amide bonds. The smallest absolute Gasteiger partial charge is 0.140 e. The van der Waals surface area contributed by atoms with E-state index in [1.807, 2.05) is 0 Å². The summed E-state index contributed by atoms with van der Waals surface area (Å²) in [5.41, 5.74) is 3.64. The Morgan fingerprint density at radius 1 is 1.38 bits per heavy atom. The Balaban J connectivity index is 2.39. The van der Waals surface area contributed by atoms with Gasteiger partial charge in [0, 0.05) is 12.2 Å². The van der Waals surface area contributed by atoms with Gasteiger partial charge in [0.25, 0.3) is 0 Å². The van der Waals surface area contributed by atoms with Gasteiger partial charge in [-0.1, -0.05) is 18.2 Å². The molecule has 0 saturated carbocycles. The van der Waals surface area contributed by atoms with Crippen LogP contribution in [0.3, 0.4) is 0 Å². The molecule has 0 N–H and O–H groups in total. The van der Waals surface area contributed by atoms with Crippen LogP contribution in [-0.2, 0) is 4.74 Å². The summed E-state index contributed by atoms with van der Waals surface area (Å²) in [7, 11) is 0. The number of rotatable bonds is 1. The van der Waals surface area contributed by atoms with E-state index in [-0.39, 0.29) is 6.04 Å². The number of hydrogen-bond acceptors (Lipinski definition) is 3. The van der Waals surface area contributed by atoms with Gasteiger partial charge in [-0.05, 0) is 25.0 Å². The van der Waals surface area contributed by atoms with Crippen molar-refractivity contribution in [2.45, 2.75) is 19.9 Å². The average molecular weight is 216 g/mol. The van der Waals surface area contributed by atoms with E-state index in [0.29, 0.717) is 13.2 Å². The van der Waals surface area contributed by atoms with E-state index in [0.717, 1.165) is 6.54 Å². The van der Waals surface area contributed by atoms with Crippen molar-refractivity contribution in [3.63, 3.8) is 0 Å². The van der Waals surface area contributed by atoms with Gasteiger partial charge in [-0.2, -0.15) is 5.26 Å². The van der Waals surface area contributed by atoms with Gasteiger partial charge in [0.2, 0.25) is 0 Å². The molecule has 84 valence electrons. The molecule has 3 nitrogen and oxygen atoms in total. The number of nitriles is 1. The van der Waals surface area contributed by atoms with E-state index in [1.54, 1.807) is 0 Å². The van der Waals surface area contributed by atoms with Gasteiger partial charge in [-0.3, -0.25) is 0 Å². The Bertz CT molecular complexity index is 402. The molecule has 0 aromatic heterocycles. The van der Waals surface area contributed by atoms with Crippen LogP contribution in [0.25, 0.3) is 0 Å². The van der Waals surface area contributed by atoms with Gasteiger partial charge in [0.15, 0.2) is 0 Å². The van der Waals surface area contributed by atoms with Crippen molar-refractivity contribution >= 4 is 5.69 Å². The molecule has 0 spiro atoms. The normalized spacial score (nSPS) is 20.6. The topological polar surface area (TPSA) is 36.3 Å². The number of morpholine rings is 1. The number of nitrogens with zero attached hydrogens (tertiary/aromatic N) is 2. The van der Waals surface area contributed by atoms with Gasteiger partial charge in [-0.15, -0.1) is 0 Å². The lowest BCUT2D eigenvalue weighted by atomic mass is 10.1. The molecule has 1 atom stereocenters. The first-order valence-corrected chi connectivity index (χ1v) is 5.54. The minimum Gasteiger partial charge on any atom is -0.376 e. The zero-order valence-electron chi connectivity index (χ0n) is 9.73. The van der Waals surface area contributed by atoms with Gasteiger partial charge >= 0.3 is 0 Å². The highest BCUT2D eigenvalue weighted by atomic mass is 16.5. The summed E-state index contributed by atoms with van der Waals surface area (Å²) < 4.78 is 5.34. The zero-order valence-corrected chi connectivity index (χ0v) is 9.73. The summed E-state index contributed by atoms with van der Waals surface area (Å²) in [4.78, 5) is 2.16. The van der Waals surface area contributed by atoms with E-state index in [4.69, 9.17) is 10.00 Å². The van der Waals surface area contributed by atoms with Crippen LogP contribution in [0.15, 0.2) is 18.2 Å². The molecule has 1 heterocycles. The number of aryl methyl sites for hydroxylation is 2. The van der Waals surface area contributed by atoms with Crippen LogP contribution in [0.4, 0.5) is 5.69 Å². The first-order chi connectivity index (χ1) is 7.74. The molecular formula is C13H16N2O. The lowest BCUT2D eigenvalue weighted by Gasteiger charge is -2.35. The van der Waals surface area contributed by atoms with Crippen LogP contribution in [0.2, 0.25) is 0 Å². The van der Waals surface area contributed by atoms with Crippen LogP contribution >= 0.6 is 0 Å². The standard InChI is InChI=1S/C13H16N2O/c1-10-4-3-5-11(2)13(10)15-6-7-16-9-12(15)8-14/h3-5,12H,6-7,9H2,1-2H3. The summed E-state index contributed by atoms with van der Waals surface area (Å²) in [5.74, 6) is 0. The van der Waals surface area contributed by atoms with Crippen molar-refractivity contribution in [3.8, 4) is 6.07 Å². The average Bonchev–Trinajstić information content (AvgIpc) is 2.29. The molecule has 0 bridgehead atoms. The lowest BCUT2D eigenvalue weighted by Crippen LogP contribution is -2.45. The number of anilines is 1. The molecule has 1 aromatic rings. The Hall–Kier alpha value is -1.53. The largest absolute Gasteiger partial charge is 0.376 e. The predicted octanol–water partition coefficient (Wildman–Crippen LogP) is 2.03. The highest BCUT2D eigenvalue weighted by Crippen LogP contribution is 2.27. The van der Waals surface area contributed by atoms with Crippen LogP contribution in [0.1, 0.15) is 11.1 Å². The summed E-state index contributed by atoms with van der Waals surface area (Å²) >= 11 is 0. The van der Waals surface area contributed by atoms with Gasteiger partial charge in [-0.25, -0.2) is 0 Å². The van der Waals surface area contributed by atoms with E-state index in [1.165, 1.54) is 16.8 Å². The van der Waals surface area contributed by atoms with Gasteiger partial charge < -0.3 is 9.64 Å². The van der Waals surface area contributed by atoms with Crippen LogP contribution in [0, 0.1) is 25.2 Å². The van der Waals surface area contributed by atoms with Crippen LogP contribution in [0.5, 0.6) is 0 Å². The third-order valence-corrected chi connectivity index (χ3v) is 3.00. The zero-order chi connectivity index (χ0) is 11.5. The molecule has 0 aliphatic carbocycles. The SMILES string of the molecule is Cc1cccc(C)c1N1CCOCC1C#N. The molecule has 1 aromatic carbocycles. The quantitative estimate of drug-likeness (QED) is 0.720. The first kappa shape index (κ1) is 11.0. The van der Waals surface area contributed by atoms with Crippen molar-refractivity contribution < 1.29 is 4.74 Å². The number of hydrogen-bond donors (Lipinski definition) is 0. The van der Waals surface area contributed by atoms with E-state index < -0.39 is 0 Å². The number of benzene rings is 1. The maximum atomic E-state index is 9.13. The number of para-hydroxylation sites is 1. The third-order valence-electron chi connectivity index (χ3n) is 3.00. The maximum Gasteiger partial charge on any atom is 0.140 e. The molecule has 16 heavy (non-hydrogen) atoms. The van der Waals surface area contributed by atoms with Crippen LogP contribution in [-0.4, -0.2) is 25.8 Å². The monoisotopic (exact) mass is 216 g/mol.